The van der Waals surface area contributed by atoms with E-state index in [4.69, 9.17) is 0 Å². The van der Waals surface area contributed by atoms with E-state index in [0.29, 0.717) is 12.2 Å². The van der Waals surface area contributed by atoms with Gasteiger partial charge in [0.05, 0.1) is 5.56 Å². The van der Waals surface area contributed by atoms with Gasteiger partial charge in [-0.1, -0.05) is 6.07 Å². The van der Waals surface area contributed by atoms with Crippen LogP contribution >= 0.6 is 11.5 Å². The fourth-order valence-corrected chi connectivity index (χ4v) is 3.85. The number of hydrogen-bond acceptors (Lipinski definition) is 7. The summed E-state index contributed by atoms with van der Waals surface area (Å²) in [7, 11) is 0. The van der Waals surface area contributed by atoms with Crippen LogP contribution in [0.1, 0.15) is 11.4 Å². The molecule has 2 aromatic heterocycles. The number of aromatic nitrogens is 4. The number of nitrogens with zero attached hydrogens (tertiary/aromatic N) is 6. The van der Waals surface area contributed by atoms with Gasteiger partial charge in [-0.15, -0.1) is 0 Å². The molecule has 0 bridgehead atoms. The summed E-state index contributed by atoms with van der Waals surface area (Å²) < 4.78 is 30.8. The lowest BCUT2D eigenvalue weighted by atomic mass is 10.1. The van der Waals surface area contributed by atoms with E-state index in [9.17, 15) is 8.78 Å². The van der Waals surface area contributed by atoms with Crippen LogP contribution in [0.2, 0.25) is 0 Å². The fourth-order valence-electron chi connectivity index (χ4n) is 3.11. The van der Waals surface area contributed by atoms with Gasteiger partial charge in [0.1, 0.15) is 5.82 Å². The smallest absolute Gasteiger partial charge is 0.205 e. The number of anilines is 1. The minimum atomic E-state index is -0.800. The normalized spacial score (nSPS) is 15.2. The SMILES string of the molecule is Cc1ncc(-c2nsc(N3CCN(CCc4ccc(F)c(F)c4)CC3)n2)cn1. The standard InChI is InChI=1S/C19H20F2N6S/c1-13-22-11-15(12-23-13)18-24-19(28-25-18)27-8-6-26(7-9-27)5-4-14-2-3-16(20)17(21)10-14/h2-3,10-12H,4-9H2,1H3. The van der Waals surface area contributed by atoms with Gasteiger partial charge in [-0.2, -0.15) is 9.36 Å². The molecule has 3 aromatic rings. The van der Waals surface area contributed by atoms with Gasteiger partial charge in [0.2, 0.25) is 5.13 Å². The first-order chi connectivity index (χ1) is 13.6. The lowest BCUT2D eigenvalue weighted by Gasteiger charge is -2.34. The zero-order chi connectivity index (χ0) is 19.5. The van der Waals surface area contributed by atoms with Crippen molar-refractivity contribution in [1.29, 1.82) is 0 Å². The number of benzene rings is 1. The van der Waals surface area contributed by atoms with Crippen molar-refractivity contribution in [3.8, 4) is 11.4 Å². The topological polar surface area (TPSA) is 58.0 Å². The van der Waals surface area contributed by atoms with Gasteiger partial charge in [0, 0.05) is 56.6 Å². The van der Waals surface area contributed by atoms with E-state index in [1.54, 1.807) is 18.5 Å². The summed E-state index contributed by atoms with van der Waals surface area (Å²) in [6, 6.07) is 4.12. The Morgan fingerprint density at radius 2 is 1.79 bits per heavy atom. The van der Waals surface area contributed by atoms with Crippen molar-refractivity contribution in [1.82, 2.24) is 24.2 Å². The summed E-state index contributed by atoms with van der Waals surface area (Å²) >= 11 is 1.38. The summed E-state index contributed by atoms with van der Waals surface area (Å²) in [5.74, 6) is -0.209. The molecule has 1 aliphatic rings. The maximum absolute atomic E-state index is 13.3. The Bertz CT molecular complexity index is 938. The van der Waals surface area contributed by atoms with Gasteiger partial charge < -0.3 is 4.90 Å². The minimum Gasteiger partial charge on any atom is -0.344 e. The Balaban J connectivity index is 1.30. The summed E-state index contributed by atoms with van der Waals surface area (Å²) in [5.41, 5.74) is 1.63. The molecular weight excluding hydrogens is 382 g/mol. The Morgan fingerprint density at radius 1 is 1.04 bits per heavy atom. The van der Waals surface area contributed by atoms with Gasteiger partial charge in [-0.3, -0.25) is 4.90 Å². The fraction of sp³-hybridized carbons (Fsp3) is 0.368. The second kappa shape index (κ2) is 8.24. The van der Waals surface area contributed by atoms with Gasteiger partial charge in [0.15, 0.2) is 17.5 Å². The van der Waals surface area contributed by atoms with E-state index < -0.39 is 11.6 Å². The van der Waals surface area contributed by atoms with E-state index >= 15 is 0 Å². The van der Waals surface area contributed by atoms with Gasteiger partial charge in [-0.25, -0.2) is 18.7 Å². The zero-order valence-corrected chi connectivity index (χ0v) is 16.3. The molecule has 1 fully saturated rings. The molecule has 28 heavy (non-hydrogen) atoms. The summed E-state index contributed by atoms with van der Waals surface area (Å²) in [6.07, 6.45) is 4.18. The first-order valence-electron chi connectivity index (χ1n) is 9.12. The molecule has 0 aliphatic carbocycles. The highest BCUT2D eigenvalue weighted by molar-refractivity contribution is 7.09. The molecule has 0 saturated carbocycles. The summed E-state index contributed by atoms with van der Waals surface area (Å²) in [4.78, 5) is 17.6. The molecule has 0 radical (unpaired) electrons. The molecule has 3 heterocycles. The quantitative estimate of drug-likeness (QED) is 0.654. The average molecular weight is 402 g/mol. The van der Waals surface area contributed by atoms with Crippen LogP contribution in [0.15, 0.2) is 30.6 Å². The van der Waals surface area contributed by atoms with Gasteiger partial charge in [0.25, 0.3) is 0 Å². The van der Waals surface area contributed by atoms with Crippen molar-refractivity contribution in [3.63, 3.8) is 0 Å². The number of halogens is 2. The van der Waals surface area contributed by atoms with Crippen molar-refractivity contribution >= 4 is 16.7 Å². The van der Waals surface area contributed by atoms with Crippen molar-refractivity contribution in [2.45, 2.75) is 13.3 Å². The number of piperazine rings is 1. The molecule has 146 valence electrons. The highest BCUT2D eigenvalue weighted by atomic mass is 32.1. The molecule has 0 spiro atoms. The second-order valence-corrected chi connectivity index (χ2v) is 7.48. The Kier molecular flexibility index (Phi) is 5.54. The van der Waals surface area contributed by atoms with Crippen molar-refractivity contribution in [2.24, 2.45) is 0 Å². The molecular formula is C19H20F2N6S. The molecule has 0 N–H and O–H groups in total. The lowest BCUT2D eigenvalue weighted by molar-refractivity contribution is 0.261. The molecule has 0 atom stereocenters. The van der Waals surface area contributed by atoms with Crippen molar-refractivity contribution < 1.29 is 8.78 Å². The van der Waals surface area contributed by atoms with Gasteiger partial charge in [-0.05, 0) is 31.0 Å². The lowest BCUT2D eigenvalue weighted by Crippen LogP contribution is -2.47. The van der Waals surface area contributed by atoms with Crippen LogP contribution in [0.4, 0.5) is 13.9 Å². The highest BCUT2D eigenvalue weighted by Gasteiger charge is 2.20. The predicted octanol–water partition coefficient (Wildman–Crippen LogP) is 2.95. The Morgan fingerprint density at radius 3 is 2.50 bits per heavy atom. The Hall–Kier alpha value is -2.52. The molecule has 6 nitrogen and oxygen atoms in total. The minimum absolute atomic E-state index is 0.653. The van der Waals surface area contributed by atoms with E-state index in [2.05, 4.69) is 29.1 Å². The van der Waals surface area contributed by atoms with Gasteiger partial charge >= 0.3 is 0 Å². The van der Waals surface area contributed by atoms with Crippen molar-refractivity contribution in [2.75, 3.05) is 37.6 Å². The molecule has 1 saturated heterocycles. The first kappa shape index (κ1) is 18.8. The molecule has 1 aromatic carbocycles. The maximum Gasteiger partial charge on any atom is 0.205 e. The van der Waals surface area contributed by atoms with E-state index in [1.807, 2.05) is 6.92 Å². The monoisotopic (exact) mass is 402 g/mol. The summed E-state index contributed by atoms with van der Waals surface area (Å²) in [6.45, 7) is 6.17. The van der Waals surface area contributed by atoms with E-state index in [0.717, 1.165) is 54.8 Å². The molecule has 4 rings (SSSR count). The number of rotatable bonds is 5. The molecule has 0 unspecified atom stereocenters. The largest absolute Gasteiger partial charge is 0.344 e. The molecule has 9 heteroatoms. The highest BCUT2D eigenvalue weighted by Crippen LogP contribution is 2.24. The average Bonchev–Trinajstić information content (AvgIpc) is 3.20. The van der Waals surface area contributed by atoms with Crippen LogP contribution in [-0.4, -0.2) is 56.9 Å². The van der Waals surface area contributed by atoms with Crippen molar-refractivity contribution in [3.05, 3.63) is 53.6 Å². The number of aryl methyl sites for hydroxylation is 1. The molecule has 1 aliphatic heterocycles. The summed E-state index contributed by atoms with van der Waals surface area (Å²) in [5, 5.41) is 0.899. The number of hydrogen-bond donors (Lipinski definition) is 0. The third kappa shape index (κ3) is 4.31. The maximum atomic E-state index is 13.3. The third-order valence-corrected chi connectivity index (χ3v) is 5.57. The van der Waals surface area contributed by atoms with Crippen LogP contribution < -0.4 is 4.90 Å². The van der Waals surface area contributed by atoms with E-state index in [1.165, 1.54) is 23.7 Å². The zero-order valence-electron chi connectivity index (χ0n) is 15.5. The van der Waals surface area contributed by atoms with Crippen LogP contribution in [0, 0.1) is 18.6 Å². The third-order valence-electron chi connectivity index (χ3n) is 4.80. The van der Waals surface area contributed by atoms with Crippen LogP contribution in [0.5, 0.6) is 0 Å². The van der Waals surface area contributed by atoms with Crippen LogP contribution in [-0.2, 0) is 6.42 Å². The van der Waals surface area contributed by atoms with Crippen LogP contribution in [0.25, 0.3) is 11.4 Å². The second-order valence-electron chi connectivity index (χ2n) is 6.75. The van der Waals surface area contributed by atoms with Crippen LogP contribution in [0.3, 0.4) is 0 Å². The predicted molar refractivity (Wildman–Crippen MR) is 104 cm³/mol. The van der Waals surface area contributed by atoms with E-state index in [-0.39, 0.29) is 0 Å². The Labute approximate surface area is 166 Å². The first-order valence-corrected chi connectivity index (χ1v) is 9.90. The molecule has 0 amide bonds.